The van der Waals surface area contributed by atoms with E-state index in [1.807, 2.05) is 18.2 Å². The predicted molar refractivity (Wildman–Crippen MR) is 80.5 cm³/mol. The monoisotopic (exact) mass is 273 g/mol. The fourth-order valence-electron chi connectivity index (χ4n) is 1.97. The summed E-state index contributed by atoms with van der Waals surface area (Å²) < 4.78 is 2.82. The SMILES string of the molecule is CC(C)C(C)(C)Cn1c(=S)[nH]c2ccc(C#N)cc21. The van der Waals surface area contributed by atoms with E-state index in [1.54, 1.807) is 0 Å². The number of rotatable bonds is 3. The first-order valence-electron chi connectivity index (χ1n) is 6.48. The van der Waals surface area contributed by atoms with E-state index in [9.17, 15) is 0 Å². The van der Waals surface area contributed by atoms with Gasteiger partial charge in [0.2, 0.25) is 0 Å². The third kappa shape index (κ3) is 2.57. The fraction of sp³-hybridized carbons (Fsp3) is 0.467. The maximum absolute atomic E-state index is 9.02. The molecule has 0 atom stereocenters. The number of H-pyrrole nitrogens is 1. The van der Waals surface area contributed by atoms with Gasteiger partial charge in [0.25, 0.3) is 0 Å². The van der Waals surface area contributed by atoms with Crippen LogP contribution in [-0.4, -0.2) is 9.55 Å². The second-order valence-corrected chi connectivity index (χ2v) is 6.39. The minimum Gasteiger partial charge on any atom is -0.331 e. The summed E-state index contributed by atoms with van der Waals surface area (Å²) >= 11 is 5.41. The van der Waals surface area contributed by atoms with Gasteiger partial charge in [0.15, 0.2) is 4.77 Å². The average Bonchev–Trinajstić information content (AvgIpc) is 2.64. The largest absolute Gasteiger partial charge is 0.331 e. The molecule has 0 saturated carbocycles. The summed E-state index contributed by atoms with van der Waals surface area (Å²) in [6.07, 6.45) is 0. The Morgan fingerprint density at radius 3 is 2.68 bits per heavy atom. The Morgan fingerprint density at radius 2 is 2.11 bits per heavy atom. The van der Waals surface area contributed by atoms with Crippen molar-refractivity contribution in [2.45, 2.75) is 34.2 Å². The van der Waals surface area contributed by atoms with Crippen molar-refractivity contribution in [3.05, 3.63) is 28.5 Å². The number of nitrogens with one attached hydrogen (secondary N) is 1. The molecule has 100 valence electrons. The molecule has 0 radical (unpaired) electrons. The molecule has 0 aliphatic rings. The van der Waals surface area contributed by atoms with Gasteiger partial charge in [-0.3, -0.25) is 0 Å². The summed E-state index contributed by atoms with van der Waals surface area (Å²) in [6.45, 7) is 9.77. The molecule has 0 aliphatic carbocycles. The van der Waals surface area contributed by atoms with Gasteiger partial charge in [-0.1, -0.05) is 27.7 Å². The van der Waals surface area contributed by atoms with Crippen molar-refractivity contribution in [1.82, 2.24) is 9.55 Å². The smallest absolute Gasteiger partial charge is 0.178 e. The lowest BCUT2D eigenvalue weighted by Crippen LogP contribution is -2.25. The Balaban J connectivity index is 2.57. The first kappa shape index (κ1) is 13.8. The van der Waals surface area contributed by atoms with Crippen molar-refractivity contribution in [3.63, 3.8) is 0 Å². The summed E-state index contributed by atoms with van der Waals surface area (Å²) in [4.78, 5) is 3.21. The first-order chi connectivity index (χ1) is 8.85. The zero-order chi connectivity index (χ0) is 14.2. The van der Waals surface area contributed by atoms with Gasteiger partial charge in [-0.25, -0.2) is 0 Å². The van der Waals surface area contributed by atoms with Crippen molar-refractivity contribution in [1.29, 1.82) is 5.26 Å². The quantitative estimate of drug-likeness (QED) is 0.849. The number of fused-ring (bicyclic) bond motifs is 1. The van der Waals surface area contributed by atoms with Crippen LogP contribution >= 0.6 is 12.2 Å². The molecule has 1 aromatic carbocycles. The Hall–Kier alpha value is -1.60. The van der Waals surface area contributed by atoms with E-state index in [1.165, 1.54) is 0 Å². The molecule has 1 N–H and O–H groups in total. The van der Waals surface area contributed by atoms with E-state index < -0.39 is 0 Å². The topological polar surface area (TPSA) is 44.5 Å². The number of nitrogens with zero attached hydrogens (tertiary/aromatic N) is 2. The van der Waals surface area contributed by atoms with E-state index in [0.717, 1.165) is 22.3 Å². The molecular weight excluding hydrogens is 254 g/mol. The Kier molecular flexibility index (Phi) is 3.51. The van der Waals surface area contributed by atoms with Gasteiger partial charge in [0.05, 0.1) is 22.7 Å². The summed E-state index contributed by atoms with van der Waals surface area (Å²) in [6, 6.07) is 7.81. The highest BCUT2D eigenvalue weighted by molar-refractivity contribution is 7.71. The van der Waals surface area contributed by atoms with Crippen molar-refractivity contribution in [3.8, 4) is 6.07 Å². The highest BCUT2D eigenvalue weighted by Gasteiger charge is 2.24. The molecule has 0 unspecified atom stereocenters. The van der Waals surface area contributed by atoms with Crippen molar-refractivity contribution in [2.24, 2.45) is 11.3 Å². The van der Waals surface area contributed by atoms with Gasteiger partial charge in [-0.2, -0.15) is 5.26 Å². The maximum Gasteiger partial charge on any atom is 0.178 e. The number of aromatic amines is 1. The van der Waals surface area contributed by atoms with Gasteiger partial charge in [-0.05, 0) is 41.7 Å². The molecule has 0 saturated heterocycles. The zero-order valence-corrected chi connectivity index (χ0v) is 12.6. The van der Waals surface area contributed by atoms with Crippen LogP contribution in [0, 0.1) is 27.4 Å². The highest BCUT2D eigenvalue weighted by atomic mass is 32.1. The molecule has 4 heteroatoms. The van der Waals surface area contributed by atoms with Crippen molar-refractivity contribution >= 4 is 23.3 Å². The third-order valence-electron chi connectivity index (χ3n) is 4.03. The molecule has 2 aromatic rings. The van der Waals surface area contributed by atoms with Crippen LogP contribution in [-0.2, 0) is 6.54 Å². The molecule has 1 heterocycles. The first-order valence-corrected chi connectivity index (χ1v) is 6.88. The molecular formula is C15H19N3S. The number of hydrogen-bond donors (Lipinski definition) is 1. The Morgan fingerprint density at radius 1 is 1.42 bits per heavy atom. The normalized spacial score (nSPS) is 12.0. The zero-order valence-electron chi connectivity index (χ0n) is 11.8. The lowest BCUT2D eigenvalue weighted by molar-refractivity contribution is 0.212. The highest BCUT2D eigenvalue weighted by Crippen LogP contribution is 2.30. The van der Waals surface area contributed by atoms with Crippen molar-refractivity contribution in [2.75, 3.05) is 0 Å². The van der Waals surface area contributed by atoms with Crippen LogP contribution in [0.5, 0.6) is 0 Å². The minimum absolute atomic E-state index is 0.149. The average molecular weight is 273 g/mol. The standard InChI is InChI=1S/C15H19N3S/c1-10(2)15(3,4)9-18-13-7-11(8-16)5-6-12(13)17-14(18)19/h5-7,10H,9H2,1-4H3,(H,17,19). The molecule has 2 rings (SSSR count). The summed E-state index contributed by atoms with van der Waals surface area (Å²) in [5.41, 5.74) is 2.81. The van der Waals surface area contributed by atoms with Crippen LogP contribution in [0.15, 0.2) is 18.2 Å². The Bertz CT molecular complexity index is 698. The van der Waals surface area contributed by atoms with E-state index >= 15 is 0 Å². The molecule has 0 aliphatic heterocycles. The molecule has 1 aromatic heterocycles. The van der Waals surface area contributed by atoms with Crippen LogP contribution in [0.4, 0.5) is 0 Å². The summed E-state index contributed by atoms with van der Waals surface area (Å²) in [5.74, 6) is 0.554. The van der Waals surface area contributed by atoms with Crippen molar-refractivity contribution < 1.29 is 0 Å². The van der Waals surface area contributed by atoms with E-state index in [2.05, 4.69) is 43.3 Å². The summed E-state index contributed by atoms with van der Waals surface area (Å²) in [5, 5.41) is 9.02. The van der Waals surface area contributed by atoms with Crippen LogP contribution in [0.3, 0.4) is 0 Å². The van der Waals surface area contributed by atoms with Gasteiger partial charge >= 0.3 is 0 Å². The number of imidazole rings is 1. The van der Waals surface area contributed by atoms with Gasteiger partial charge in [-0.15, -0.1) is 0 Å². The maximum atomic E-state index is 9.02. The summed E-state index contributed by atoms with van der Waals surface area (Å²) in [7, 11) is 0. The fourth-order valence-corrected chi connectivity index (χ4v) is 2.24. The van der Waals surface area contributed by atoms with Crippen LogP contribution in [0.1, 0.15) is 33.3 Å². The second kappa shape index (κ2) is 4.82. The van der Waals surface area contributed by atoms with E-state index in [0.29, 0.717) is 11.5 Å². The lowest BCUT2D eigenvalue weighted by Gasteiger charge is -2.29. The molecule has 3 nitrogen and oxygen atoms in total. The van der Waals surface area contributed by atoms with Gasteiger partial charge < -0.3 is 9.55 Å². The van der Waals surface area contributed by atoms with Gasteiger partial charge in [0, 0.05) is 6.54 Å². The number of nitriles is 1. The van der Waals surface area contributed by atoms with Crippen LogP contribution in [0.25, 0.3) is 11.0 Å². The van der Waals surface area contributed by atoms with Crippen LogP contribution in [0.2, 0.25) is 0 Å². The Labute approximate surface area is 118 Å². The predicted octanol–water partition coefficient (Wildman–Crippen LogP) is 4.25. The molecule has 0 bridgehead atoms. The van der Waals surface area contributed by atoms with E-state index in [4.69, 9.17) is 17.5 Å². The second-order valence-electron chi connectivity index (χ2n) is 6.00. The number of benzene rings is 1. The molecule has 0 spiro atoms. The number of aromatic nitrogens is 2. The van der Waals surface area contributed by atoms with Crippen LogP contribution < -0.4 is 0 Å². The minimum atomic E-state index is 0.149. The van der Waals surface area contributed by atoms with E-state index in [-0.39, 0.29) is 5.41 Å². The molecule has 0 fully saturated rings. The molecule has 0 amide bonds. The van der Waals surface area contributed by atoms with Gasteiger partial charge in [0.1, 0.15) is 0 Å². The third-order valence-corrected chi connectivity index (χ3v) is 4.36. The lowest BCUT2D eigenvalue weighted by atomic mass is 9.81. The number of hydrogen-bond acceptors (Lipinski definition) is 2. The molecule has 19 heavy (non-hydrogen) atoms.